The van der Waals surface area contributed by atoms with Crippen molar-refractivity contribution in [2.75, 3.05) is 11.1 Å². The molecule has 2 N–H and O–H groups in total. The lowest BCUT2D eigenvalue weighted by Crippen LogP contribution is -2.31. The zero-order valence-corrected chi connectivity index (χ0v) is 26.9. The van der Waals surface area contributed by atoms with E-state index >= 15 is 0 Å². The number of thioether (sulfide) groups is 1. The Kier molecular flexibility index (Phi) is 9.77. The van der Waals surface area contributed by atoms with Gasteiger partial charge in [-0.15, -0.1) is 0 Å². The summed E-state index contributed by atoms with van der Waals surface area (Å²) < 4.78 is 19.4. The zero-order valence-electron chi connectivity index (χ0n) is 26.1. The van der Waals surface area contributed by atoms with Crippen molar-refractivity contribution in [2.24, 2.45) is 0 Å². The molecule has 0 saturated carbocycles. The van der Waals surface area contributed by atoms with Gasteiger partial charge < -0.3 is 24.3 Å². The van der Waals surface area contributed by atoms with Gasteiger partial charge in [-0.25, -0.2) is 4.98 Å². The summed E-state index contributed by atoms with van der Waals surface area (Å²) in [7, 11) is 0. The molecule has 0 bridgehead atoms. The number of benzene rings is 5. The Balaban J connectivity index is 1.11. The van der Waals surface area contributed by atoms with E-state index in [2.05, 4.69) is 5.32 Å². The summed E-state index contributed by atoms with van der Waals surface area (Å²) >= 11 is 1.52. The van der Waals surface area contributed by atoms with Crippen molar-refractivity contribution in [3.05, 3.63) is 162 Å². The highest BCUT2D eigenvalue weighted by Gasteiger charge is 2.33. The van der Waals surface area contributed by atoms with Crippen LogP contribution in [-0.2, 0) is 16.1 Å². The van der Waals surface area contributed by atoms with Gasteiger partial charge in [0.15, 0.2) is 12.1 Å². The molecule has 1 aromatic heterocycles. The lowest BCUT2D eigenvalue weighted by molar-refractivity contribution is -0.245. The summed E-state index contributed by atoms with van der Waals surface area (Å²) in [5.74, 6) is 1.16. The van der Waals surface area contributed by atoms with Gasteiger partial charge in [0, 0.05) is 40.1 Å². The monoisotopic (exact) mass is 654 g/mol. The van der Waals surface area contributed by atoms with Gasteiger partial charge in [0.1, 0.15) is 5.69 Å². The van der Waals surface area contributed by atoms with Crippen LogP contribution in [0, 0.1) is 0 Å². The third-order valence-electron chi connectivity index (χ3n) is 8.18. The van der Waals surface area contributed by atoms with Crippen LogP contribution in [0.3, 0.4) is 0 Å². The summed E-state index contributed by atoms with van der Waals surface area (Å²) in [5, 5.41) is 13.1. The standard InChI is InChI=1S/C40H34N2O5S/c43-25-27-16-18-28(19-17-27)35-24-34(45-39(46-35)32-20-22-33(23-21-32)41-38(44)31-14-8-3-9-15-31)26-48-40-42-36(29-10-4-1-5-11-29)37(47-40)30-12-6-2-7-13-30/h1-23,34-35,39,43H,24-26H2,(H,41,44)/t34-,35+,39+/m1/s1. The van der Waals surface area contributed by atoms with Crippen molar-refractivity contribution < 1.29 is 23.8 Å². The highest BCUT2D eigenvalue weighted by Crippen LogP contribution is 2.41. The number of hydrogen-bond donors (Lipinski definition) is 2. The Morgan fingerprint density at radius 3 is 2.04 bits per heavy atom. The summed E-state index contributed by atoms with van der Waals surface area (Å²) in [6.07, 6.45) is -0.412. The van der Waals surface area contributed by atoms with Crippen molar-refractivity contribution in [2.45, 2.75) is 36.7 Å². The zero-order chi connectivity index (χ0) is 32.7. The number of nitrogens with one attached hydrogen (secondary N) is 1. The maximum atomic E-state index is 12.7. The predicted octanol–water partition coefficient (Wildman–Crippen LogP) is 9.09. The highest BCUT2D eigenvalue weighted by atomic mass is 32.2. The molecule has 1 fully saturated rings. The Morgan fingerprint density at radius 1 is 0.750 bits per heavy atom. The minimum atomic E-state index is -0.630. The first-order chi connectivity index (χ1) is 23.6. The number of amides is 1. The fourth-order valence-corrected chi connectivity index (χ4v) is 6.48. The topological polar surface area (TPSA) is 93.8 Å². The smallest absolute Gasteiger partial charge is 0.256 e. The van der Waals surface area contributed by atoms with Crippen LogP contribution in [-0.4, -0.2) is 27.9 Å². The normalized spacial score (nSPS) is 17.6. The van der Waals surface area contributed by atoms with Gasteiger partial charge in [0.05, 0.1) is 18.8 Å². The van der Waals surface area contributed by atoms with E-state index in [0.29, 0.717) is 28.6 Å². The van der Waals surface area contributed by atoms with E-state index in [-0.39, 0.29) is 24.7 Å². The molecule has 0 radical (unpaired) electrons. The Labute approximate surface area is 283 Å². The fraction of sp³-hybridized carbons (Fsp3) is 0.150. The SMILES string of the molecule is O=C(Nc1ccc([C@H]2O[C@@H](CSc3nc(-c4ccccc4)c(-c4ccccc4)o3)C[C@@H](c3ccc(CO)cc3)O2)cc1)c1ccccc1. The number of oxazole rings is 1. The highest BCUT2D eigenvalue weighted by molar-refractivity contribution is 7.99. The molecule has 48 heavy (non-hydrogen) atoms. The number of nitrogens with zero attached hydrogens (tertiary/aromatic N) is 1. The van der Waals surface area contributed by atoms with E-state index in [1.54, 1.807) is 12.1 Å². The Morgan fingerprint density at radius 2 is 1.38 bits per heavy atom. The van der Waals surface area contributed by atoms with Crippen LogP contribution in [0.15, 0.2) is 149 Å². The van der Waals surface area contributed by atoms with Crippen LogP contribution in [0.2, 0.25) is 0 Å². The van der Waals surface area contributed by atoms with Crippen LogP contribution in [0.5, 0.6) is 0 Å². The molecular weight excluding hydrogens is 621 g/mol. The number of ether oxygens (including phenoxy) is 2. The van der Waals surface area contributed by atoms with Gasteiger partial charge >= 0.3 is 0 Å². The van der Waals surface area contributed by atoms with Crippen molar-refractivity contribution in [1.29, 1.82) is 0 Å². The molecule has 1 aliphatic rings. The molecule has 0 spiro atoms. The number of carbonyl (C=O) groups excluding carboxylic acids is 1. The van der Waals surface area contributed by atoms with Gasteiger partial charge in [-0.1, -0.05) is 127 Å². The minimum absolute atomic E-state index is 0.0178. The Hall–Kier alpha value is -4.99. The maximum absolute atomic E-state index is 12.7. The molecule has 5 aromatic carbocycles. The molecule has 8 heteroatoms. The maximum Gasteiger partial charge on any atom is 0.256 e. The van der Waals surface area contributed by atoms with E-state index in [0.717, 1.165) is 39.3 Å². The number of aliphatic hydroxyl groups is 1. The van der Waals surface area contributed by atoms with E-state index < -0.39 is 6.29 Å². The van der Waals surface area contributed by atoms with Gasteiger partial charge in [0.2, 0.25) is 0 Å². The third-order valence-corrected chi connectivity index (χ3v) is 9.14. The average molecular weight is 655 g/mol. The molecular formula is C40H34N2O5S. The second-order valence-corrected chi connectivity index (χ2v) is 12.5. The second-order valence-electron chi connectivity index (χ2n) is 11.5. The molecule has 1 amide bonds. The Bertz CT molecular complexity index is 1880. The molecule has 2 heterocycles. The number of aliphatic hydroxyl groups excluding tert-OH is 1. The molecule has 240 valence electrons. The second kappa shape index (κ2) is 14.8. The van der Waals surface area contributed by atoms with Crippen LogP contribution in [0.4, 0.5) is 5.69 Å². The first-order valence-corrected chi connectivity index (χ1v) is 16.8. The van der Waals surface area contributed by atoms with Gasteiger partial charge in [-0.2, -0.15) is 0 Å². The van der Waals surface area contributed by atoms with Crippen molar-refractivity contribution >= 4 is 23.4 Å². The molecule has 0 unspecified atom stereocenters. The van der Waals surface area contributed by atoms with Crippen molar-refractivity contribution in [3.8, 4) is 22.6 Å². The van der Waals surface area contributed by atoms with E-state index in [4.69, 9.17) is 18.9 Å². The largest absolute Gasteiger partial charge is 0.431 e. The number of rotatable bonds is 10. The third kappa shape index (κ3) is 7.43. The molecule has 6 aromatic rings. The van der Waals surface area contributed by atoms with Crippen LogP contribution >= 0.6 is 11.8 Å². The summed E-state index contributed by atoms with van der Waals surface area (Å²) in [5.41, 5.74) is 6.72. The number of aromatic nitrogens is 1. The molecule has 7 rings (SSSR count). The lowest BCUT2D eigenvalue weighted by atomic mass is 10.0. The van der Waals surface area contributed by atoms with Crippen molar-refractivity contribution in [1.82, 2.24) is 4.98 Å². The summed E-state index contributed by atoms with van der Waals surface area (Å²) in [6, 6.07) is 44.6. The van der Waals surface area contributed by atoms with Crippen molar-refractivity contribution in [3.63, 3.8) is 0 Å². The van der Waals surface area contributed by atoms with E-state index in [1.807, 2.05) is 127 Å². The molecule has 3 atom stereocenters. The quantitative estimate of drug-likeness (QED) is 0.142. The first kappa shape index (κ1) is 31.6. The van der Waals surface area contributed by atoms with Crippen LogP contribution in [0.25, 0.3) is 22.6 Å². The average Bonchev–Trinajstić information content (AvgIpc) is 3.60. The number of hydrogen-bond acceptors (Lipinski definition) is 7. The number of carbonyl (C=O) groups is 1. The van der Waals surface area contributed by atoms with Gasteiger partial charge in [-0.05, 0) is 35.4 Å². The van der Waals surface area contributed by atoms with E-state index in [9.17, 15) is 9.90 Å². The van der Waals surface area contributed by atoms with Gasteiger partial charge in [0.25, 0.3) is 11.1 Å². The molecule has 7 nitrogen and oxygen atoms in total. The summed E-state index contributed by atoms with van der Waals surface area (Å²) in [4.78, 5) is 17.6. The van der Waals surface area contributed by atoms with Gasteiger partial charge in [-0.3, -0.25) is 4.79 Å². The number of anilines is 1. The fourth-order valence-electron chi connectivity index (χ4n) is 5.64. The summed E-state index contributed by atoms with van der Waals surface area (Å²) in [6.45, 7) is -0.0178. The predicted molar refractivity (Wildman–Crippen MR) is 187 cm³/mol. The minimum Gasteiger partial charge on any atom is -0.431 e. The molecule has 0 aliphatic carbocycles. The van der Waals surface area contributed by atoms with E-state index in [1.165, 1.54) is 11.8 Å². The van der Waals surface area contributed by atoms with Crippen LogP contribution in [0.1, 0.15) is 45.9 Å². The lowest BCUT2D eigenvalue weighted by Gasteiger charge is -2.36. The first-order valence-electron chi connectivity index (χ1n) is 15.8. The van der Waals surface area contributed by atoms with Crippen LogP contribution < -0.4 is 5.32 Å². The molecule has 1 aliphatic heterocycles. The molecule has 1 saturated heterocycles.